The van der Waals surface area contributed by atoms with Crippen molar-refractivity contribution >= 4 is 11.8 Å². The van der Waals surface area contributed by atoms with Crippen LogP contribution in [0.3, 0.4) is 0 Å². The standard InChI is InChI=1S/C32H44FN3O4/c1-22(5-2-3-7-27-11-9-23-6-4-15-34-31(23)35-27)24-12-16-36(20-24)30(32(37)38)29-19-26(33)10-8-25(29)21-40-28-13-17-39-18-14-28/h8-11,19,22,24,28,30H,2-7,12-18,20-21H2,1H3,(H,34,35)(H,37,38)/t22?,24-,30?/m1/s1. The van der Waals surface area contributed by atoms with Gasteiger partial charge < -0.3 is 19.9 Å². The fourth-order valence-corrected chi connectivity index (χ4v) is 6.52. The molecule has 4 heterocycles. The normalized spacial score (nSPS) is 21.5. The number of ether oxygens (including phenoxy) is 2. The van der Waals surface area contributed by atoms with E-state index in [9.17, 15) is 14.3 Å². The van der Waals surface area contributed by atoms with E-state index < -0.39 is 17.8 Å². The number of carboxylic acids is 1. The van der Waals surface area contributed by atoms with E-state index in [-0.39, 0.29) is 12.7 Å². The van der Waals surface area contributed by atoms with Crippen LogP contribution < -0.4 is 5.32 Å². The lowest BCUT2D eigenvalue weighted by Gasteiger charge is -2.28. The molecule has 5 rings (SSSR count). The summed E-state index contributed by atoms with van der Waals surface area (Å²) >= 11 is 0. The van der Waals surface area contributed by atoms with Gasteiger partial charge in [0.05, 0.1) is 12.7 Å². The first kappa shape index (κ1) is 29.0. The zero-order valence-corrected chi connectivity index (χ0v) is 23.7. The average molecular weight is 554 g/mol. The van der Waals surface area contributed by atoms with E-state index in [2.05, 4.69) is 24.4 Å². The lowest BCUT2D eigenvalue weighted by molar-refractivity contribution is -0.143. The Hall–Kier alpha value is -2.55. The Morgan fingerprint density at radius 1 is 1.23 bits per heavy atom. The van der Waals surface area contributed by atoms with Crippen LogP contribution in [0.15, 0.2) is 30.3 Å². The number of aliphatic carboxylic acids is 1. The molecule has 0 aliphatic carbocycles. The van der Waals surface area contributed by atoms with Gasteiger partial charge in [-0.15, -0.1) is 0 Å². The second-order valence-electron chi connectivity index (χ2n) is 11.8. The van der Waals surface area contributed by atoms with E-state index in [0.29, 0.717) is 43.7 Å². The van der Waals surface area contributed by atoms with Crippen molar-refractivity contribution < 1.29 is 23.8 Å². The average Bonchev–Trinajstić information content (AvgIpc) is 3.45. The highest BCUT2D eigenvalue weighted by molar-refractivity contribution is 5.76. The molecular weight excluding hydrogens is 509 g/mol. The van der Waals surface area contributed by atoms with Gasteiger partial charge >= 0.3 is 5.97 Å². The maximum absolute atomic E-state index is 14.4. The van der Waals surface area contributed by atoms with Gasteiger partial charge in [-0.2, -0.15) is 0 Å². The summed E-state index contributed by atoms with van der Waals surface area (Å²) in [6, 6.07) is 8.00. The Kier molecular flexibility index (Phi) is 10.0. The van der Waals surface area contributed by atoms with Gasteiger partial charge in [0.1, 0.15) is 17.7 Å². The largest absolute Gasteiger partial charge is 0.480 e. The zero-order chi connectivity index (χ0) is 27.9. The van der Waals surface area contributed by atoms with Crippen molar-refractivity contribution in [1.82, 2.24) is 9.88 Å². The molecule has 40 heavy (non-hydrogen) atoms. The number of carboxylic acid groups (broad SMARTS) is 1. The number of nitrogens with one attached hydrogen (secondary N) is 1. The molecule has 0 amide bonds. The molecule has 2 fully saturated rings. The van der Waals surface area contributed by atoms with Crippen LogP contribution >= 0.6 is 0 Å². The highest BCUT2D eigenvalue weighted by atomic mass is 19.1. The van der Waals surface area contributed by atoms with E-state index in [1.165, 1.54) is 24.1 Å². The minimum Gasteiger partial charge on any atom is -0.480 e. The SMILES string of the molecule is CC(CCCCc1ccc2c(n1)NCCC2)[C@@H]1CCN(C(C(=O)O)c2cc(F)ccc2COC2CCOCC2)C1. The van der Waals surface area contributed by atoms with E-state index in [0.717, 1.165) is 75.0 Å². The third-order valence-electron chi connectivity index (χ3n) is 9.00. The molecule has 2 unspecified atom stereocenters. The summed E-state index contributed by atoms with van der Waals surface area (Å²) in [6.45, 7) is 6.35. The Morgan fingerprint density at radius 2 is 2.08 bits per heavy atom. The van der Waals surface area contributed by atoms with Crippen molar-refractivity contribution in [1.29, 1.82) is 0 Å². The number of nitrogens with zero attached hydrogens (tertiary/aromatic N) is 2. The monoisotopic (exact) mass is 553 g/mol. The number of hydrogen-bond acceptors (Lipinski definition) is 6. The molecule has 3 atom stereocenters. The van der Waals surface area contributed by atoms with Crippen LogP contribution in [0.5, 0.6) is 0 Å². The number of aromatic nitrogens is 1. The Morgan fingerprint density at radius 3 is 2.90 bits per heavy atom. The number of pyridine rings is 1. The molecule has 3 aliphatic rings. The minimum absolute atomic E-state index is 0.0895. The van der Waals surface area contributed by atoms with Crippen LogP contribution in [0, 0.1) is 17.7 Å². The van der Waals surface area contributed by atoms with Gasteiger partial charge in [0.2, 0.25) is 0 Å². The summed E-state index contributed by atoms with van der Waals surface area (Å²) in [5.74, 6) is 0.653. The lowest BCUT2D eigenvalue weighted by Crippen LogP contribution is -2.34. The molecule has 2 aromatic rings. The van der Waals surface area contributed by atoms with E-state index >= 15 is 0 Å². The van der Waals surface area contributed by atoms with Gasteiger partial charge in [-0.05, 0) is 98.2 Å². The number of halogens is 1. The van der Waals surface area contributed by atoms with Crippen molar-refractivity contribution in [3.8, 4) is 0 Å². The zero-order valence-electron chi connectivity index (χ0n) is 23.7. The number of unbranched alkanes of at least 4 members (excludes halogenated alkanes) is 1. The summed E-state index contributed by atoms with van der Waals surface area (Å²) in [6.07, 6.45) is 9.32. The van der Waals surface area contributed by atoms with E-state index in [4.69, 9.17) is 14.5 Å². The number of rotatable bonds is 12. The number of carbonyl (C=O) groups is 1. The summed E-state index contributed by atoms with van der Waals surface area (Å²) in [7, 11) is 0. The Balaban J connectivity index is 1.14. The number of benzene rings is 1. The fourth-order valence-electron chi connectivity index (χ4n) is 6.52. The highest BCUT2D eigenvalue weighted by Crippen LogP contribution is 2.35. The molecule has 0 bridgehead atoms. The fraction of sp³-hybridized carbons (Fsp3) is 0.625. The van der Waals surface area contributed by atoms with E-state index in [1.807, 2.05) is 4.90 Å². The molecule has 0 saturated carbocycles. The first-order valence-electron chi connectivity index (χ1n) is 15.1. The molecule has 1 aromatic heterocycles. The molecule has 0 spiro atoms. The lowest BCUT2D eigenvalue weighted by atomic mass is 9.88. The number of anilines is 1. The number of aryl methyl sites for hydroxylation is 2. The second-order valence-corrected chi connectivity index (χ2v) is 11.8. The molecule has 2 N–H and O–H groups in total. The van der Waals surface area contributed by atoms with Crippen molar-refractivity contribution in [3.63, 3.8) is 0 Å². The quantitative estimate of drug-likeness (QED) is 0.323. The third kappa shape index (κ3) is 7.39. The molecule has 218 valence electrons. The first-order valence-corrected chi connectivity index (χ1v) is 15.1. The number of likely N-dealkylation sites (tertiary alicyclic amines) is 1. The molecule has 0 radical (unpaired) electrons. The summed E-state index contributed by atoms with van der Waals surface area (Å²) in [4.78, 5) is 19.4. The summed E-state index contributed by atoms with van der Waals surface area (Å²) in [5, 5.41) is 13.7. The molecular formula is C32H44FN3O4. The topological polar surface area (TPSA) is 83.9 Å². The second kappa shape index (κ2) is 13.9. The van der Waals surface area contributed by atoms with E-state index in [1.54, 1.807) is 6.07 Å². The maximum atomic E-state index is 14.4. The van der Waals surface area contributed by atoms with Crippen LogP contribution in [0.1, 0.15) is 80.3 Å². The summed E-state index contributed by atoms with van der Waals surface area (Å²) in [5.41, 5.74) is 3.75. The van der Waals surface area contributed by atoms with Gasteiger partial charge in [0, 0.05) is 32.0 Å². The predicted octanol–water partition coefficient (Wildman–Crippen LogP) is 5.77. The number of hydrogen-bond donors (Lipinski definition) is 2. The maximum Gasteiger partial charge on any atom is 0.325 e. The molecule has 8 heteroatoms. The van der Waals surface area contributed by atoms with Crippen LogP contribution in [0.2, 0.25) is 0 Å². The van der Waals surface area contributed by atoms with Crippen molar-refractivity contribution in [2.24, 2.45) is 11.8 Å². The van der Waals surface area contributed by atoms with Crippen LogP contribution in [-0.2, 0) is 33.7 Å². The highest BCUT2D eigenvalue weighted by Gasteiger charge is 2.36. The summed E-state index contributed by atoms with van der Waals surface area (Å²) < 4.78 is 25.9. The molecule has 2 saturated heterocycles. The Labute approximate surface area is 237 Å². The molecule has 1 aromatic carbocycles. The smallest absolute Gasteiger partial charge is 0.325 e. The molecule has 7 nitrogen and oxygen atoms in total. The first-order chi connectivity index (χ1) is 19.5. The van der Waals surface area contributed by atoms with Gasteiger partial charge in [-0.1, -0.05) is 31.9 Å². The van der Waals surface area contributed by atoms with Gasteiger partial charge in [-0.25, -0.2) is 9.37 Å². The van der Waals surface area contributed by atoms with Crippen LogP contribution in [-0.4, -0.2) is 59.9 Å². The molecule has 3 aliphatic heterocycles. The van der Waals surface area contributed by atoms with Crippen molar-refractivity contribution in [2.45, 2.75) is 83.5 Å². The predicted molar refractivity (Wildman–Crippen MR) is 153 cm³/mol. The van der Waals surface area contributed by atoms with Crippen molar-refractivity contribution in [3.05, 3.63) is 58.5 Å². The van der Waals surface area contributed by atoms with Crippen molar-refractivity contribution in [2.75, 3.05) is 38.2 Å². The number of fused-ring (bicyclic) bond motifs is 1. The minimum atomic E-state index is -0.932. The van der Waals surface area contributed by atoms with Gasteiger partial charge in [0.15, 0.2) is 0 Å². The third-order valence-corrected chi connectivity index (χ3v) is 9.00. The Bertz CT molecular complexity index is 1140. The van der Waals surface area contributed by atoms with Crippen LogP contribution in [0.4, 0.5) is 10.2 Å². The van der Waals surface area contributed by atoms with Crippen LogP contribution in [0.25, 0.3) is 0 Å². The van der Waals surface area contributed by atoms with Gasteiger partial charge in [-0.3, -0.25) is 9.69 Å². The van der Waals surface area contributed by atoms with Gasteiger partial charge in [0.25, 0.3) is 0 Å².